The predicted octanol–water partition coefficient (Wildman–Crippen LogP) is 5.51. The third-order valence-corrected chi connectivity index (χ3v) is 10.8. The molecule has 0 saturated carbocycles. The molecule has 1 heterocycles. The highest BCUT2D eigenvalue weighted by atomic mass is 32.2. The SMILES string of the molecule is COc1ccc(S(=O)(=O)N2[C@@H](CCc3c(F)cccc3CC(=O)[C@@H](N)[C@@H](c3ccc(F)cc3)c3cc(F)cc(F)c3)CNC[C@@H]2C)cc1. The van der Waals surface area contributed by atoms with Crippen molar-refractivity contribution in [3.63, 3.8) is 0 Å². The molecule has 0 bridgehead atoms. The number of carbonyl (C=O) groups excluding carboxylic acids is 1. The molecule has 0 unspecified atom stereocenters. The van der Waals surface area contributed by atoms with Crippen molar-refractivity contribution in [1.82, 2.24) is 9.62 Å². The largest absolute Gasteiger partial charge is 0.497 e. The standard InChI is InChI=1S/C36H37F4N3O4S/c1-22-20-42-21-29(43(22)48(45,46)31-13-11-30(47-2)12-14-31)10-15-32-24(4-3-5-33(32)40)18-34(44)36(41)35(23-6-8-26(37)9-7-23)25-16-27(38)19-28(39)17-25/h3-9,11-14,16-17,19,22,29,35-36,42H,10,15,18,20-21,41H2,1-2H3/t22-,29-,35-,36+/m0/s1. The summed E-state index contributed by atoms with van der Waals surface area (Å²) in [5.74, 6) is -3.85. The molecule has 1 fully saturated rings. The van der Waals surface area contributed by atoms with Gasteiger partial charge in [-0.1, -0.05) is 24.3 Å². The number of Topliss-reactive ketones (excluding diaryl/α,β-unsaturated/α-hetero) is 1. The topological polar surface area (TPSA) is 102 Å². The fourth-order valence-electron chi connectivity index (χ4n) is 6.41. The van der Waals surface area contributed by atoms with Crippen LogP contribution in [0.4, 0.5) is 17.6 Å². The lowest BCUT2D eigenvalue weighted by Gasteiger charge is -2.40. The van der Waals surface area contributed by atoms with Gasteiger partial charge < -0.3 is 15.8 Å². The maximum atomic E-state index is 15.4. The molecule has 48 heavy (non-hydrogen) atoms. The van der Waals surface area contributed by atoms with E-state index in [1.807, 2.05) is 0 Å². The van der Waals surface area contributed by atoms with Crippen molar-refractivity contribution < 1.29 is 35.5 Å². The summed E-state index contributed by atoms with van der Waals surface area (Å²) in [7, 11) is -2.42. The van der Waals surface area contributed by atoms with E-state index in [2.05, 4.69) is 5.32 Å². The first-order valence-electron chi connectivity index (χ1n) is 15.5. The average molecular weight is 684 g/mol. The van der Waals surface area contributed by atoms with E-state index in [4.69, 9.17) is 10.5 Å². The maximum absolute atomic E-state index is 15.4. The zero-order chi connectivity index (χ0) is 34.6. The first kappa shape index (κ1) is 35.2. The lowest BCUT2D eigenvalue weighted by molar-refractivity contribution is -0.119. The lowest BCUT2D eigenvalue weighted by Crippen LogP contribution is -2.58. The third kappa shape index (κ3) is 7.78. The molecule has 0 aliphatic carbocycles. The molecule has 254 valence electrons. The number of piperazine rings is 1. The number of benzene rings is 4. The van der Waals surface area contributed by atoms with Gasteiger partial charge in [-0.3, -0.25) is 4.79 Å². The molecule has 4 aromatic rings. The van der Waals surface area contributed by atoms with Gasteiger partial charge in [0.25, 0.3) is 0 Å². The molecule has 1 aliphatic rings. The molecule has 0 amide bonds. The summed E-state index contributed by atoms with van der Waals surface area (Å²) in [5.41, 5.74) is 7.55. The number of hydrogen-bond donors (Lipinski definition) is 2. The first-order chi connectivity index (χ1) is 22.9. The Balaban J connectivity index is 1.39. The van der Waals surface area contributed by atoms with Gasteiger partial charge >= 0.3 is 0 Å². The number of nitrogens with zero attached hydrogens (tertiary/aromatic N) is 1. The van der Waals surface area contributed by atoms with Crippen LogP contribution in [-0.4, -0.2) is 56.8 Å². The first-order valence-corrected chi connectivity index (χ1v) is 17.0. The molecule has 5 rings (SSSR count). The number of ether oxygens (including phenoxy) is 1. The predicted molar refractivity (Wildman–Crippen MR) is 174 cm³/mol. The van der Waals surface area contributed by atoms with Gasteiger partial charge in [-0.05, 0) is 96.6 Å². The second kappa shape index (κ2) is 15.0. The Kier molecular flexibility index (Phi) is 11.0. The summed E-state index contributed by atoms with van der Waals surface area (Å²) >= 11 is 0. The summed E-state index contributed by atoms with van der Waals surface area (Å²) in [6, 6.07) is 16.2. The van der Waals surface area contributed by atoms with E-state index in [0.29, 0.717) is 36.0 Å². The van der Waals surface area contributed by atoms with Gasteiger partial charge in [-0.2, -0.15) is 4.31 Å². The second-order valence-electron chi connectivity index (χ2n) is 12.0. The average Bonchev–Trinajstić information content (AvgIpc) is 3.05. The molecule has 0 radical (unpaired) electrons. The number of carbonyl (C=O) groups is 1. The fraction of sp³-hybridized carbons (Fsp3) is 0.306. The number of ketones is 1. The second-order valence-corrected chi connectivity index (χ2v) is 13.8. The van der Waals surface area contributed by atoms with Gasteiger partial charge in [0.05, 0.1) is 18.0 Å². The van der Waals surface area contributed by atoms with Gasteiger partial charge in [0.15, 0.2) is 5.78 Å². The highest BCUT2D eigenvalue weighted by Crippen LogP contribution is 2.31. The molecule has 3 N–H and O–H groups in total. The minimum atomic E-state index is -3.91. The maximum Gasteiger partial charge on any atom is 0.243 e. The van der Waals surface area contributed by atoms with Crippen LogP contribution in [0.1, 0.15) is 41.5 Å². The molecule has 4 atom stereocenters. The number of rotatable bonds is 12. The van der Waals surface area contributed by atoms with E-state index in [9.17, 15) is 26.4 Å². The summed E-state index contributed by atoms with van der Waals surface area (Å²) in [6.07, 6.45) is 0.0767. The van der Waals surface area contributed by atoms with E-state index < -0.39 is 57.1 Å². The van der Waals surface area contributed by atoms with Crippen molar-refractivity contribution in [3.8, 4) is 5.75 Å². The van der Waals surface area contributed by atoms with Crippen LogP contribution in [0.3, 0.4) is 0 Å². The molecule has 4 aromatic carbocycles. The number of nitrogens with one attached hydrogen (secondary N) is 1. The molecule has 0 aromatic heterocycles. The van der Waals surface area contributed by atoms with Gasteiger partial charge in [-0.15, -0.1) is 0 Å². The van der Waals surface area contributed by atoms with Gasteiger partial charge in [0.2, 0.25) is 10.0 Å². The smallest absolute Gasteiger partial charge is 0.243 e. The molecule has 0 spiro atoms. The van der Waals surface area contributed by atoms with Crippen LogP contribution in [0.5, 0.6) is 5.75 Å². The number of nitrogens with two attached hydrogens (primary N) is 1. The van der Waals surface area contributed by atoms with Crippen molar-refractivity contribution in [2.24, 2.45) is 5.73 Å². The van der Waals surface area contributed by atoms with E-state index >= 15 is 4.39 Å². The molecular formula is C36H37F4N3O4S. The van der Waals surface area contributed by atoms with Crippen LogP contribution < -0.4 is 15.8 Å². The molecule has 1 aliphatic heterocycles. The van der Waals surface area contributed by atoms with Crippen molar-refractivity contribution >= 4 is 15.8 Å². The number of sulfonamides is 1. The van der Waals surface area contributed by atoms with E-state index in [1.165, 1.54) is 59.9 Å². The highest BCUT2D eigenvalue weighted by molar-refractivity contribution is 7.89. The summed E-state index contributed by atoms with van der Waals surface area (Å²) < 4.78 is 91.8. The molecule has 12 heteroatoms. The van der Waals surface area contributed by atoms with Crippen LogP contribution in [0.15, 0.2) is 89.8 Å². The Morgan fingerprint density at radius 1 is 0.917 bits per heavy atom. The van der Waals surface area contributed by atoms with Gasteiger partial charge in [-0.25, -0.2) is 26.0 Å². The number of methoxy groups -OCH3 is 1. The molecule has 7 nitrogen and oxygen atoms in total. The van der Waals surface area contributed by atoms with Crippen molar-refractivity contribution in [2.75, 3.05) is 20.2 Å². The summed E-state index contributed by atoms with van der Waals surface area (Å²) in [4.78, 5) is 13.8. The fourth-order valence-corrected chi connectivity index (χ4v) is 8.26. The van der Waals surface area contributed by atoms with Gasteiger partial charge in [0.1, 0.15) is 29.0 Å². The van der Waals surface area contributed by atoms with Crippen LogP contribution >= 0.6 is 0 Å². The Morgan fingerprint density at radius 2 is 1.58 bits per heavy atom. The number of hydrogen-bond acceptors (Lipinski definition) is 6. The normalized spacial score (nSPS) is 18.3. The van der Waals surface area contributed by atoms with Gasteiger partial charge in [0, 0.05) is 43.6 Å². The lowest BCUT2D eigenvalue weighted by atomic mass is 9.82. The van der Waals surface area contributed by atoms with E-state index in [0.717, 1.165) is 12.1 Å². The Morgan fingerprint density at radius 3 is 2.23 bits per heavy atom. The van der Waals surface area contributed by atoms with Crippen molar-refractivity contribution in [1.29, 1.82) is 0 Å². The third-order valence-electron chi connectivity index (χ3n) is 8.76. The summed E-state index contributed by atoms with van der Waals surface area (Å²) in [6.45, 7) is 2.58. The Bertz CT molecular complexity index is 1840. The van der Waals surface area contributed by atoms with Crippen LogP contribution in [-0.2, 0) is 27.7 Å². The van der Waals surface area contributed by atoms with Crippen molar-refractivity contribution in [3.05, 3.63) is 130 Å². The van der Waals surface area contributed by atoms with E-state index in [-0.39, 0.29) is 41.3 Å². The molecular weight excluding hydrogens is 646 g/mol. The zero-order valence-electron chi connectivity index (χ0n) is 26.5. The zero-order valence-corrected chi connectivity index (χ0v) is 27.3. The minimum Gasteiger partial charge on any atom is -0.497 e. The minimum absolute atomic E-state index is 0.0940. The van der Waals surface area contributed by atoms with Crippen LogP contribution in [0.25, 0.3) is 0 Å². The quantitative estimate of drug-likeness (QED) is 0.191. The monoisotopic (exact) mass is 683 g/mol. The van der Waals surface area contributed by atoms with Crippen LogP contribution in [0, 0.1) is 23.3 Å². The van der Waals surface area contributed by atoms with E-state index in [1.54, 1.807) is 25.1 Å². The summed E-state index contributed by atoms with van der Waals surface area (Å²) in [5, 5.41) is 3.26. The Labute approximate surface area is 277 Å². The molecule has 1 saturated heterocycles. The van der Waals surface area contributed by atoms with Crippen LogP contribution in [0.2, 0.25) is 0 Å². The van der Waals surface area contributed by atoms with Crippen molar-refractivity contribution in [2.45, 2.75) is 55.1 Å². The highest BCUT2D eigenvalue weighted by Gasteiger charge is 2.38. The number of halogens is 4. The Hall–Kier alpha value is -4.10.